The van der Waals surface area contributed by atoms with E-state index in [0.29, 0.717) is 16.3 Å². The lowest BCUT2D eigenvalue weighted by Crippen LogP contribution is -2.13. The number of thiophene rings is 1. The van der Waals surface area contributed by atoms with Crippen LogP contribution in [0.25, 0.3) is 21.3 Å². The third-order valence-corrected chi connectivity index (χ3v) is 4.93. The van der Waals surface area contributed by atoms with Crippen molar-refractivity contribution in [2.45, 2.75) is 25.9 Å². The molecule has 23 heavy (non-hydrogen) atoms. The van der Waals surface area contributed by atoms with Crippen LogP contribution in [0.15, 0.2) is 35.7 Å². The van der Waals surface area contributed by atoms with Crippen LogP contribution in [0.2, 0.25) is 0 Å². The van der Waals surface area contributed by atoms with Crippen LogP contribution in [-0.2, 0) is 0 Å². The van der Waals surface area contributed by atoms with Crippen molar-refractivity contribution in [1.82, 2.24) is 4.98 Å². The van der Waals surface area contributed by atoms with Crippen molar-refractivity contribution in [3.8, 4) is 11.3 Å². The standard InChI is InChI=1S/C18H19FN2OS/c1-10(2)11-6-15(21-16(7-11)17(22)8-20)13-9-23-18-12(13)4-3-5-14(18)19/h3-7,9-10,17,22H,8,20H2,1-2H3. The van der Waals surface area contributed by atoms with Crippen molar-refractivity contribution in [2.75, 3.05) is 6.54 Å². The highest BCUT2D eigenvalue weighted by atomic mass is 32.1. The number of hydrogen-bond donors (Lipinski definition) is 2. The van der Waals surface area contributed by atoms with E-state index in [0.717, 1.165) is 22.2 Å². The number of hydrogen-bond acceptors (Lipinski definition) is 4. The second kappa shape index (κ2) is 6.35. The molecular formula is C18H19FN2OS. The minimum Gasteiger partial charge on any atom is -0.385 e. The Kier molecular flexibility index (Phi) is 4.43. The largest absolute Gasteiger partial charge is 0.385 e. The molecule has 1 unspecified atom stereocenters. The Bertz CT molecular complexity index is 844. The number of benzene rings is 1. The Balaban J connectivity index is 2.21. The van der Waals surface area contributed by atoms with Gasteiger partial charge in [-0.15, -0.1) is 11.3 Å². The fourth-order valence-electron chi connectivity index (χ4n) is 2.56. The van der Waals surface area contributed by atoms with Gasteiger partial charge in [-0.05, 0) is 29.7 Å². The van der Waals surface area contributed by atoms with Gasteiger partial charge in [0, 0.05) is 22.9 Å². The molecule has 0 saturated carbocycles. The van der Waals surface area contributed by atoms with Crippen LogP contribution in [0.1, 0.15) is 37.1 Å². The van der Waals surface area contributed by atoms with E-state index >= 15 is 0 Å². The second-order valence-corrected chi connectivity index (χ2v) is 6.76. The van der Waals surface area contributed by atoms with Gasteiger partial charge in [-0.25, -0.2) is 9.37 Å². The lowest BCUT2D eigenvalue weighted by Gasteiger charge is -2.14. The average molecular weight is 330 g/mol. The summed E-state index contributed by atoms with van der Waals surface area (Å²) in [6.45, 7) is 4.29. The minimum absolute atomic E-state index is 0.118. The van der Waals surface area contributed by atoms with Crippen molar-refractivity contribution < 1.29 is 9.50 Å². The summed E-state index contributed by atoms with van der Waals surface area (Å²) in [4.78, 5) is 4.56. The highest BCUT2D eigenvalue weighted by molar-refractivity contribution is 7.17. The van der Waals surface area contributed by atoms with Gasteiger partial charge in [0.05, 0.1) is 16.1 Å². The molecule has 3 nitrogen and oxygen atoms in total. The lowest BCUT2D eigenvalue weighted by atomic mass is 9.99. The molecule has 3 N–H and O–H groups in total. The maximum Gasteiger partial charge on any atom is 0.141 e. The third-order valence-electron chi connectivity index (χ3n) is 3.93. The molecule has 2 heterocycles. The molecule has 5 heteroatoms. The van der Waals surface area contributed by atoms with E-state index < -0.39 is 6.10 Å². The van der Waals surface area contributed by atoms with E-state index in [1.807, 2.05) is 23.6 Å². The van der Waals surface area contributed by atoms with E-state index in [2.05, 4.69) is 18.8 Å². The quantitative estimate of drug-likeness (QED) is 0.753. The summed E-state index contributed by atoms with van der Waals surface area (Å²) in [6, 6.07) is 8.96. The van der Waals surface area contributed by atoms with E-state index in [1.54, 1.807) is 6.07 Å². The van der Waals surface area contributed by atoms with Crippen LogP contribution in [0.4, 0.5) is 4.39 Å². The van der Waals surface area contributed by atoms with Crippen LogP contribution >= 0.6 is 11.3 Å². The van der Waals surface area contributed by atoms with Crippen LogP contribution in [0.3, 0.4) is 0 Å². The molecule has 0 aliphatic rings. The minimum atomic E-state index is -0.797. The van der Waals surface area contributed by atoms with Crippen molar-refractivity contribution in [3.63, 3.8) is 0 Å². The van der Waals surface area contributed by atoms with Gasteiger partial charge in [0.15, 0.2) is 0 Å². The van der Waals surface area contributed by atoms with Gasteiger partial charge in [-0.3, -0.25) is 0 Å². The molecule has 2 aromatic heterocycles. The number of nitrogens with zero attached hydrogens (tertiary/aromatic N) is 1. The summed E-state index contributed by atoms with van der Waals surface area (Å²) in [5.74, 6) is 0.0723. The fourth-order valence-corrected chi connectivity index (χ4v) is 3.53. The van der Waals surface area contributed by atoms with Gasteiger partial charge in [-0.2, -0.15) is 0 Å². The number of halogens is 1. The molecule has 0 aliphatic heterocycles. The normalized spacial score (nSPS) is 13.0. The number of pyridine rings is 1. The highest BCUT2D eigenvalue weighted by Crippen LogP contribution is 2.36. The summed E-state index contributed by atoms with van der Waals surface area (Å²) in [6.07, 6.45) is -0.797. The predicted octanol–water partition coefficient (Wildman–Crippen LogP) is 4.22. The topological polar surface area (TPSA) is 59.1 Å². The summed E-state index contributed by atoms with van der Waals surface area (Å²) in [7, 11) is 0. The number of aliphatic hydroxyl groups excluding tert-OH is 1. The second-order valence-electron chi connectivity index (χ2n) is 5.88. The number of rotatable bonds is 4. The molecule has 0 fully saturated rings. The van der Waals surface area contributed by atoms with Crippen molar-refractivity contribution in [1.29, 1.82) is 0 Å². The number of nitrogens with two attached hydrogens (primary N) is 1. The highest BCUT2D eigenvalue weighted by Gasteiger charge is 2.16. The number of aromatic nitrogens is 1. The zero-order valence-electron chi connectivity index (χ0n) is 13.1. The summed E-state index contributed by atoms with van der Waals surface area (Å²) in [5, 5.41) is 12.8. The van der Waals surface area contributed by atoms with E-state index in [4.69, 9.17) is 5.73 Å². The van der Waals surface area contributed by atoms with E-state index in [9.17, 15) is 9.50 Å². The fraction of sp³-hybridized carbons (Fsp3) is 0.278. The molecule has 0 bridgehead atoms. The molecule has 1 atom stereocenters. The molecule has 1 aromatic carbocycles. The van der Waals surface area contributed by atoms with Crippen molar-refractivity contribution in [3.05, 3.63) is 52.8 Å². The first-order valence-corrected chi connectivity index (χ1v) is 8.45. The molecule has 3 rings (SSSR count). The third kappa shape index (κ3) is 3.00. The van der Waals surface area contributed by atoms with Gasteiger partial charge in [0.1, 0.15) is 11.9 Å². The summed E-state index contributed by atoms with van der Waals surface area (Å²) in [5.41, 5.74) is 8.84. The van der Waals surface area contributed by atoms with Gasteiger partial charge in [0.25, 0.3) is 0 Å². The Labute approximate surface area is 138 Å². The molecular weight excluding hydrogens is 311 g/mol. The molecule has 0 aliphatic carbocycles. The smallest absolute Gasteiger partial charge is 0.141 e. The van der Waals surface area contributed by atoms with Gasteiger partial charge in [0.2, 0.25) is 0 Å². The van der Waals surface area contributed by atoms with Crippen LogP contribution in [0.5, 0.6) is 0 Å². The lowest BCUT2D eigenvalue weighted by molar-refractivity contribution is 0.182. The van der Waals surface area contributed by atoms with Crippen LogP contribution in [0, 0.1) is 5.82 Å². The number of fused-ring (bicyclic) bond motifs is 1. The van der Waals surface area contributed by atoms with Gasteiger partial charge >= 0.3 is 0 Å². The summed E-state index contributed by atoms with van der Waals surface area (Å²) < 4.78 is 14.5. The Hall–Kier alpha value is -1.82. The van der Waals surface area contributed by atoms with Crippen LogP contribution in [-0.4, -0.2) is 16.6 Å². The molecule has 3 aromatic rings. The van der Waals surface area contributed by atoms with E-state index in [-0.39, 0.29) is 12.4 Å². The molecule has 0 saturated heterocycles. The van der Waals surface area contributed by atoms with Crippen LogP contribution < -0.4 is 5.73 Å². The predicted molar refractivity (Wildman–Crippen MR) is 93.1 cm³/mol. The maximum absolute atomic E-state index is 13.9. The SMILES string of the molecule is CC(C)c1cc(-c2csc3c(F)cccc23)nc(C(O)CN)c1. The zero-order chi connectivity index (χ0) is 16.6. The van der Waals surface area contributed by atoms with Gasteiger partial charge < -0.3 is 10.8 Å². The monoisotopic (exact) mass is 330 g/mol. The molecule has 0 amide bonds. The Morgan fingerprint density at radius 1 is 1.30 bits per heavy atom. The molecule has 0 radical (unpaired) electrons. The molecule has 120 valence electrons. The maximum atomic E-state index is 13.9. The first-order valence-electron chi connectivity index (χ1n) is 7.57. The Morgan fingerprint density at radius 2 is 2.09 bits per heavy atom. The first kappa shape index (κ1) is 16.1. The first-order chi connectivity index (χ1) is 11.0. The average Bonchev–Trinajstić information content (AvgIpc) is 2.99. The number of aliphatic hydroxyl groups is 1. The Morgan fingerprint density at radius 3 is 2.78 bits per heavy atom. The van der Waals surface area contributed by atoms with Crippen molar-refractivity contribution in [2.24, 2.45) is 5.73 Å². The van der Waals surface area contributed by atoms with Crippen molar-refractivity contribution >= 4 is 21.4 Å². The van der Waals surface area contributed by atoms with Gasteiger partial charge in [-0.1, -0.05) is 26.0 Å². The zero-order valence-corrected chi connectivity index (χ0v) is 13.9. The summed E-state index contributed by atoms with van der Waals surface area (Å²) >= 11 is 1.37. The van der Waals surface area contributed by atoms with E-state index in [1.165, 1.54) is 17.4 Å². The molecule has 0 spiro atoms.